The van der Waals surface area contributed by atoms with Gasteiger partial charge in [-0.15, -0.1) is 11.3 Å². The van der Waals surface area contributed by atoms with Gasteiger partial charge in [0.2, 0.25) is 5.78 Å². The number of nitrogens with zero attached hydrogens (tertiary/aromatic N) is 2. The van der Waals surface area contributed by atoms with Crippen molar-refractivity contribution in [2.45, 2.75) is 110 Å². The Morgan fingerprint density at radius 2 is 1.22 bits per heavy atom. The van der Waals surface area contributed by atoms with Crippen molar-refractivity contribution in [3.05, 3.63) is 45.8 Å². The molecule has 1 aromatic heterocycles. The Bertz CT molecular complexity index is 1670. The molecule has 270 valence electrons. The molecule has 13 heteroatoms. The Balaban J connectivity index is 1.19. The van der Waals surface area contributed by atoms with Crippen LogP contribution < -0.4 is 0 Å². The molecule has 2 fully saturated rings. The average molecular weight is 711 g/mol. The normalized spacial score (nSPS) is 18.8. The van der Waals surface area contributed by atoms with Gasteiger partial charge in [0.15, 0.2) is 19.0 Å². The van der Waals surface area contributed by atoms with Crippen LogP contribution in [0.1, 0.15) is 105 Å². The van der Waals surface area contributed by atoms with Crippen LogP contribution in [0, 0.1) is 0 Å². The van der Waals surface area contributed by atoms with Gasteiger partial charge in [0.25, 0.3) is 0 Å². The van der Waals surface area contributed by atoms with Gasteiger partial charge in [-0.3, -0.25) is 19.4 Å². The first kappa shape index (κ1) is 37.0. The number of hydrogen-bond acceptors (Lipinski definition) is 11. The maximum absolute atomic E-state index is 13.2. The molecule has 0 bridgehead atoms. The van der Waals surface area contributed by atoms with Gasteiger partial charge in [0.1, 0.15) is 23.3 Å². The summed E-state index contributed by atoms with van der Waals surface area (Å²) in [6, 6.07) is 5.61. The second-order valence-electron chi connectivity index (χ2n) is 14.9. The molecule has 0 unspecified atom stereocenters. The lowest BCUT2D eigenvalue weighted by molar-refractivity contribution is -0.148. The summed E-state index contributed by atoms with van der Waals surface area (Å²) in [6.45, 7) is 10.4. The molecule has 3 heterocycles. The molecule has 0 N–H and O–H groups in total. The second kappa shape index (κ2) is 14.9. The molecule has 50 heavy (non-hydrogen) atoms. The molecular weight excluding hydrogens is 664 g/mol. The lowest BCUT2D eigenvalue weighted by atomic mass is 9.99. The lowest BCUT2D eigenvalue weighted by Crippen LogP contribution is -2.44. The van der Waals surface area contributed by atoms with Crippen molar-refractivity contribution in [1.82, 2.24) is 9.80 Å². The van der Waals surface area contributed by atoms with Gasteiger partial charge >= 0.3 is 24.1 Å². The standard InChI is InChI=1S/C37H46N2O10S/c1-36(2,3)48-34(44)38-16-8-12-26(38)32(42)46-20-28(40)23-14-15-25-22(18-23)10-7-11-24-19-30(50-31(24)25)29(41)21-47-33(43)27-13-9-17-39(27)35(45)49-37(4,5)6/h14-15,18-19,26-27H,7-13,16-17,20-21H2,1-6H3/t26-,27-/m0/s1. The Kier molecular flexibility index (Phi) is 11.0. The monoisotopic (exact) mass is 710 g/mol. The first-order valence-corrected chi connectivity index (χ1v) is 18.0. The zero-order chi connectivity index (χ0) is 36.4. The minimum atomic E-state index is -0.794. The van der Waals surface area contributed by atoms with Crippen molar-refractivity contribution >= 4 is 47.0 Å². The van der Waals surface area contributed by atoms with E-state index in [1.807, 2.05) is 18.2 Å². The Labute approximate surface area is 296 Å². The minimum Gasteiger partial charge on any atom is -0.456 e. The fourth-order valence-corrected chi connectivity index (χ4v) is 7.56. The molecule has 1 aromatic carbocycles. The molecule has 2 amide bonds. The third-order valence-corrected chi connectivity index (χ3v) is 9.90. The molecule has 1 aliphatic carbocycles. The number of thiophene rings is 1. The molecule has 12 nitrogen and oxygen atoms in total. The SMILES string of the molecule is CC(C)(C)OC(=O)N1CCC[C@H]1C(=O)OCC(=O)c1ccc2c(c1)CCCc1cc(C(=O)COC(=O)[C@@H]3CCCN3C(=O)OC(C)(C)C)sc1-2. The quantitative estimate of drug-likeness (QED) is 0.178. The highest BCUT2D eigenvalue weighted by atomic mass is 32.1. The van der Waals surface area contributed by atoms with E-state index in [1.54, 1.807) is 47.6 Å². The van der Waals surface area contributed by atoms with E-state index in [0.29, 0.717) is 49.2 Å². The number of benzene rings is 1. The summed E-state index contributed by atoms with van der Waals surface area (Å²) in [4.78, 5) is 81.3. The number of likely N-dealkylation sites (tertiary alicyclic amines) is 2. The summed E-state index contributed by atoms with van der Waals surface area (Å²) >= 11 is 1.32. The fraction of sp³-hybridized carbons (Fsp3) is 0.568. The van der Waals surface area contributed by atoms with E-state index in [4.69, 9.17) is 18.9 Å². The summed E-state index contributed by atoms with van der Waals surface area (Å²) in [6.07, 6.45) is 3.25. The molecule has 2 atom stereocenters. The zero-order valence-corrected chi connectivity index (χ0v) is 30.4. The predicted molar refractivity (Wildman–Crippen MR) is 184 cm³/mol. The van der Waals surface area contributed by atoms with E-state index in [-0.39, 0.29) is 11.6 Å². The zero-order valence-electron chi connectivity index (χ0n) is 29.6. The van der Waals surface area contributed by atoms with Gasteiger partial charge < -0.3 is 18.9 Å². The predicted octanol–water partition coefficient (Wildman–Crippen LogP) is 6.15. The van der Waals surface area contributed by atoms with Crippen molar-refractivity contribution in [3.63, 3.8) is 0 Å². The number of rotatable bonds is 8. The van der Waals surface area contributed by atoms with E-state index in [9.17, 15) is 28.8 Å². The maximum atomic E-state index is 13.2. The van der Waals surface area contributed by atoms with E-state index in [0.717, 1.165) is 40.8 Å². The molecule has 2 saturated heterocycles. The van der Waals surface area contributed by atoms with Gasteiger partial charge in [-0.2, -0.15) is 0 Å². The van der Waals surface area contributed by atoms with Crippen LogP contribution >= 0.6 is 11.3 Å². The van der Waals surface area contributed by atoms with Crippen LogP contribution in [0.25, 0.3) is 10.4 Å². The van der Waals surface area contributed by atoms with E-state index < -0.39 is 60.6 Å². The molecule has 3 aliphatic rings. The maximum Gasteiger partial charge on any atom is 0.411 e. The smallest absolute Gasteiger partial charge is 0.411 e. The molecule has 2 aliphatic heterocycles. The highest BCUT2D eigenvalue weighted by molar-refractivity contribution is 7.17. The van der Waals surface area contributed by atoms with Gasteiger partial charge in [-0.05, 0) is 115 Å². The van der Waals surface area contributed by atoms with Crippen LogP contribution in [0.15, 0.2) is 24.3 Å². The molecular formula is C37H46N2O10S. The molecule has 0 spiro atoms. The molecule has 0 radical (unpaired) electrons. The molecule has 0 saturated carbocycles. The van der Waals surface area contributed by atoms with E-state index in [1.165, 1.54) is 21.1 Å². The number of carbonyl (C=O) groups is 6. The van der Waals surface area contributed by atoms with Crippen LogP contribution in [0.4, 0.5) is 9.59 Å². The fourth-order valence-electron chi connectivity index (χ4n) is 6.37. The van der Waals surface area contributed by atoms with Crippen LogP contribution in [-0.2, 0) is 41.4 Å². The topological polar surface area (TPSA) is 146 Å². The third kappa shape index (κ3) is 8.90. The van der Waals surface area contributed by atoms with Gasteiger partial charge in [-0.1, -0.05) is 12.1 Å². The summed E-state index contributed by atoms with van der Waals surface area (Å²) in [7, 11) is 0. The number of Topliss-reactive ketones (excluding diaryl/α,β-unsaturated/α-hetero) is 2. The number of ether oxygens (including phenoxy) is 4. The first-order valence-electron chi connectivity index (χ1n) is 17.2. The van der Waals surface area contributed by atoms with Crippen molar-refractivity contribution in [3.8, 4) is 10.4 Å². The average Bonchev–Trinajstić information content (AvgIpc) is 3.79. The highest BCUT2D eigenvalue weighted by Crippen LogP contribution is 2.39. The number of ketones is 2. The number of esters is 2. The Morgan fingerprint density at radius 3 is 1.76 bits per heavy atom. The van der Waals surface area contributed by atoms with Crippen LogP contribution in [0.2, 0.25) is 0 Å². The van der Waals surface area contributed by atoms with Crippen LogP contribution in [0.3, 0.4) is 0 Å². The Hall–Kier alpha value is -4.26. The minimum absolute atomic E-state index is 0.333. The number of hydrogen-bond donors (Lipinski definition) is 0. The summed E-state index contributed by atoms with van der Waals surface area (Å²) < 4.78 is 21.6. The van der Waals surface area contributed by atoms with Crippen molar-refractivity contribution in [1.29, 1.82) is 0 Å². The summed E-state index contributed by atoms with van der Waals surface area (Å²) in [5.41, 5.74) is 1.88. The lowest BCUT2D eigenvalue weighted by Gasteiger charge is -2.27. The second-order valence-corrected chi connectivity index (χ2v) is 16.0. The summed E-state index contributed by atoms with van der Waals surface area (Å²) in [5, 5.41) is 0. The largest absolute Gasteiger partial charge is 0.456 e. The van der Waals surface area contributed by atoms with Gasteiger partial charge in [0, 0.05) is 23.5 Å². The van der Waals surface area contributed by atoms with Gasteiger partial charge in [-0.25, -0.2) is 19.2 Å². The summed E-state index contributed by atoms with van der Waals surface area (Å²) in [5.74, 6) is -1.95. The number of aryl methyl sites for hydroxylation is 2. The van der Waals surface area contributed by atoms with Gasteiger partial charge in [0.05, 0.1) is 4.88 Å². The molecule has 5 rings (SSSR count). The van der Waals surface area contributed by atoms with Crippen molar-refractivity contribution in [2.75, 3.05) is 26.3 Å². The van der Waals surface area contributed by atoms with E-state index in [2.05, 4.69) is 0 Å². The highest BCUT2D eigenvalue weighted by Gasteiger charge is 2.39. The Morgan fingerprint density at radius 1 is 0.700 bits per heavy atom. The molecule has 2 aromatic rings. The van der Waals surface area contributed by atoms with Crippen LogP contribution in [0.5, 0.6) is 0 Å². The number of amides is 2. The number of carbonyl (C=O) groups excluding carboxylic acids is 6. The van der Waals surface area contributed by atoms with Crippen molar-refractivity contribution < 1.29 is 47.7 Å². The third-order valence-electron chi connectivity index (χ3n) is 8.64. The van der Waals surface area contributed by atoms with E-state index >= 15 is 0 Å². The van der Waals surface area contributed by atoms with Crippen LogP contribution in [-0.4, -0.2) is 95.1 Å². The number of fused-ring (bicyclic) bond motifs is 3. The van der Waals surface area contributed by atoms with Crippen molar-refractivity contribution in [2.24, 2.45) is 0 Å². The first-order chi connectivity index (χ1) is 23.5.